The van der Waals surface area contributed by atoms with Gasteiger partial charge in [-0.2, -0.15) is 0 Å². The van der Waals surface area contributed by atoms with Crippen molar-refractivity contribution in [3.05, 3.63) is 64.8 Å². The highest BCUT2D eigenvalue weighted by molar-refractivity contribution is 7.98. The van der Waals surface area contributed by atoms with Crippen LogP contribution >= 0.6 is 35.6 Å². The van der Waals surface area contributed by atoms with Crippen molar-refractivity contribution in [2.45, 2.75) is 4.90 Å². The molecule has 0 bridgehead atoms. The number of anilines is 1. The van der Waals surface area contributed by atoms with Gasteiger partial charge >= 0.3 is 5.97 Å². The molecule has 5 nitrogen and oxygen atoms in total. The van der Waals surface area contributed by atoms with Crippen molar-refractivity contribution in [2.75, 3.05) is 24.8 Å². The van der Waals surface area contributed by atoms with Gasteiger partial charge in [0.25, 0.3) is 5.91 Å². The summed E-state index contributed by atoms with van der Waals surface area (Å²) >= 11 is 13.1. The number of amides is 1. The Morgan fingerprint density at radius 3 is 2.39 bits per heavy atom. The van der Waals surface area contributed by atoms with Crippen LogP contribution in [0, 0.1) is 0 Å². The average molecular weight is 433 g/mol. The number of carbonyl (C=O) groups excluding carboxylic acids is 2. The molecule has 0 aromatic heterocycles. The van der Waals surface area contributed by atoms with Crippen LogP contribution in [0.3, 0.4) is 0 Å². The molecule has 144 valence electrons. The summed E-state index contributed by atoms with van der Waals surface area (Å²) in [5.74, 6) is -0.804. The Kier molecular flexibility index (Phi) is 6.39. The van der Waals surface area contributed by atoms with Gasteiger partial charge in [-0.25, -0.2) is 0 Å². The zero-order valence-corrected chi connectivity index (χ0v) is 17.6. The predicted molar refractivity (Wildman–Crippen MR) is 116 cm³/mol. The highest BCUT2D eigenvalue weighted by Crippen LogP contribution is 2.30. The van der Waals surface area contributed by atoms with Crippen molar-refractivity contribution in [3.63, 3.8) is 0 Å². The van der Waals surface area contributed by atoms with Gasteiger partial charge in [0.2, 0.25) is 0 Å². The van der Waals surface area contributed by atoms with Crippen molar-refractivity contribution in [1.82, 2.24) is 4.90 Å². The first-order valence-corrected chi connectivity index (χ1v) is 10.3. The summed E-state index contributed by atoms with van der Waals surface area (Å²) in [6.45, 7) is -0.153. The molecule has 1 fully saturated rings. The van der Waals surface area contributed by atoms with E-state index in [1.165, 1.54) is 16.9 Å². The number of ether oxygens (including phenoxy) is 1. The molecular weight excluding hydrogens is 416 g/mol. The molecule has 0 radical (unpaired) electrons. The van der Waals surface area contributed by atoms with Crippen molar-refractivity contribution in [3.8, 4) is 0 Å². The highest BCUT2D eigenvalue weighted by Gasteiger charge is 2.40. The Labute approximate surface area is 177 Å². The summed E-state index contributed by atoms with van der Waals surface area (Å²) in [4.78, 5) is 29.0. The van der Waals surface area contributed by atoms with E-state index in [9.17, 15) is 9.59 Å². The van der Waals surface area contributed by atoms with Gasteiger partial charge in [-0.1, -0.05) is 23.7 Å². The molecule has 0 saturated carbocycles. The van der Waals surface area contributed by atoms with Crippen LogP contribution in [0.5, 0.6) is 0 Å². The molecule has 1 aliphatic heterocycles. The monoisotopic (exact) mass is 432 g/mol. The molecule has 0 N–H and O–H groups in total. The molecule has 28 heavy (non-hydrogen) atoms. The van der Waals surface area contributed by atoms with E-state index < -0.39 is 5.97 Å². The van der Waals surface area contributed by atoms with Crippen molar-refractivity contribution < 1.29 is 14.3 Å². The molecule has 1 aliphatic rings. The number of halogens is 1. The topological polar surface area (TPSA) is 49.9 Å². The smallest absolute Gasteiger partial charge is 0.325 e. The first-order chi connectivity index (χ1) is 13.4. The number of hydrogen-bond acceptors (Lipinski definition) is 5. The SMILES string of the molecule is COC(=O)CN1C(=S)N(c2ccc(Cl)cc2)C(=O)/C1=C/c1ccc(SC)cc1. The molecule has 0 atom stereocenters. The Hall–Kier alpha value is -2.35. The van der Waals surface area contributed by atoms with E-state index in [1.807, 2.05) is 30.5 Å². The number of rotatable bonds is 5. The Bertz CT molecular complexity index is 943. The number of nitrogens with zero attached hydrogens (tertiary/aromatic N) is 2. The Morgan fingerprint density at radius 1 is 1.18 bits per heavy atom. The second kappa shape index (κ2) is 8.77. The second-order valence-electron chi connectivity index (χ2n) is 5.86. The van der Waals surface area contributed by atoms with Gasteiger partial charge < -0.3 is 9.64 Å². The van der Waals surface area contributed by atoms with E-state index in [2.05, 4.69) is 0 Å². The molecular formula is C20H17ClN2O3S2. The number of thiocarbonyl (C=S) groups is 1. The number of benzene rings is 2. The van der Waals surface area contributed by atoms with Crippen LogP contribution in [-0.4, -0.2) is 41.8 Å². The van der Waals surface area contributed by atoms with E-state index >= 15 is 0 Å². The molecule has 3 rings (SSSR count). The van der Waals surface area contributed by atoms with E-state index in [1.54, 1.807) is 42.1 Å². The first kappa shape index (κ1) is 20.4. The fourth-order valence-corrected chi connectivity index (χ4v) is 3.59. The van der Waals surface area contributed by atoms with Crippen molar-refractivity contribution in [1.29, 1.82) is 0 Å². The lowest BCUT2D eigenvalue weighted by Crippen LogP contribution is -2.35. The highest BCUT2D eigenvalue weighted by atomic mass is 35.5. The minimum absolute atomic E-state index is 0.153. The van der Waals surface area contributed by atoms with E-state index in [0.717, 1.165) is 10.5 Å². The number of hydrogen-bond donors (Lipinski definition) is 0. The van der Waals surface area contributed by atoms with Gasteiger partial charge in [0.15, 0.2) is 5.11 Å². The van der Waals surface area contributed by atoms with Crippen LogP contribution in [0.2, 0.25) is 5.02 Å². The van der Waals surface area contributed by atoms with E-state index in [4.69, 9.17) is 28.6 Å². The van der Waals surface area contributed by atoms with Gasteiger partial charge in [-0.05, 0) is 66.5 Å². The molecule has 1 saturated heterocycles. The fourth-order valence-electron chi connectivity index (χ4n) is 2.70. The Balaban J connectivity index is 2.01. The van der Waals surface area contributed by atoms with Crippen molar-refractivity contribution in [2.24, 2.45) is 0 Å². The van der Waals surface area contributed by atoms with E-state index in [0.29, 0.717) is 16.4 Å². The largest absolute Gasteiger partial charge is 0.468 e. The molecule has 1 heterocycles. The zero-order valence-electron chi connectivity index (χ0n) is 15.2. The van der Waals surface area contributed by atoms with Crippen LogP contribution < -0.4 is 4.90 Å². The molecule has 2 aromatic carbocycles. The van der Waals surface area contributed by atoms with Crippen LogP contribution in [0.1, 0.15) is 5.56 Å². The average Bonchev–Trinajstić information content (AvgIpc) is 2.93. The number of methoxy groups -OCH3 is 1. The third-order valence-corrected chi connectivity index (χ3v) is 5.55. The van der Waals surface area contributed by atoms with E-state index in [-0.39, 0.29) is 17.6 Å². The van der Waals surface area contributed by atoms with Crippen LogP contribution in [0.15, 0.2) is 59.1 Å². The Morgan fingerprint density at radius 2 is 1.82 bits per heavy atom. The van der Waals surface area contributed by atoms with Crippen LogP contribution in [0.4, 0.5) is 5.69 Å². The van der Waals surface area contributed by atoms with Gasteiger partial charge in [0.1, 0.15) is 12.2 Å². The molecule has 1 amide bonds. The van der Waals surface area contributed by atoms with Crippen molar-refractivity contribution >= 4 is 64.3 Å². The number of carbonyl (C=O) groups is 2. The first-order valence-electron chi connectivity index (χ1n) is 8.28. The van der Waals surface area contributed by atoms with Crippen LogP contribution in [0.25, 0.3) is 6.08 Å². The molecule has 2 aromatic rings. The van der Waals surface area contributed by atoms with Gasteiger partial charge in [-0.3, -0.25) is 14.5 Å². The molecule has 8 heteroatoms. The molecule has 0 aliphatic carbocycles. The summed E-state index contributed by atoms with van der Waals surface area (Å²) in [6, 6.07) is 14.5. The minimum Gasteiger partial charge on any atom is -0.468 e. The van der Waals surface area contributed by atoms with Gasteiger partial charge in [0, 0.05) is 9.92 Å². The third kappa shape index (κ3) is 4.22. The quantitative estimate of drug-likeness (QED) is 0.305. The van der Waals surface area contributed by atoms with Gasteiger partial charge in [0.05, 0.1) is 12.8 Å². The maximum absolute atomic E-state index is 13.1. The summed E-state index contributed by atoms with van der Waals surface area (Å²) in [5, 5.41) is 0.766. The summed E-state index contributed by atoms with van der Waals surface area (Å²) in [5.41, 5.74) is 1.72. The summed E-state index contributed by atoms with van der Waals surface area (Å²) in [7, 11) is 1.30. The van der Waals surface area contributed by atoms with Crippen LogP contribution in [-0.2, 0) is 14.3 Å². The fraction of sp³-hybridized carbons (Fsp3) is 0.150. The third-order valence-electron chi connectivity index (χ3n) is 4.15. The maximum atomic E-state index is 13.1. The summed E-state index contributed by atoms with van der Waals surface area (Å²) in [6.07, 6.45) is 3.71. The molecule has 0 spiro atoms. The zero-order chi connectivity index (χ0) is 20.3. The maximum Gasteiger partial charge on any atom is 0.325 e. The predicted octanol–water partition coefficient (Wildman–Crippen LogP) is 4.21. The minimum atomic E-state index is -0.489. The number of esters is 1. The molecule has 0 unspecified atom stereocenters. The second-order valence-corrected chi connectivity index (χ2v) is 7.55. The van der Waals surface area contributed by atoms with Gasteiger partial charge in [-0.15, -0.1) is 11.8 Å². The normalized spacial score (nSPS) is 15.5. The lowest BCUT2D eigenvalue weighted by molar-refractivity contribution is -0.140. The standard InChI is InChI=1S/C20H17ClN2O3S2/c1-26-18(24)12-22-17(11-13-3-9-16(28-2)10-4-13)19(25)23(20(22)27)15-7-5-14(21)6-8-15/h3-11H,12H2,1-2H3/b17-11-. The summed E-state index contributed by atoms with van der Waals surface area (Å²) < 4.78 is 4.76. The lowest BCUT2D eigenvalue weighted by atomic mass is 10.2. The lowest BCUT2D eigenvalue weighted by Gasteiger charge is -2.19. The number of thioether (sulfide) groups is 1.